The van der Waals surface area contributed by atoms with Gasteiger partial charge in [0.05, 0.1) is 5.52 Å². The second-order valence-electron chi connectivity index (χ2n) is 2.80. The molecule has 0 radical (unpaired) electrons. The maximum atomic E-state index is 11.0. The van der Waals surface area contributed by atoms with E-state index in [4.69, 9.17) is 10.7 Å². The zero-order valence-electron chi connectivity index (χ0n) is 7.42. The molecule has 0 fully saturated rings. The SMILES string of the molecule is Cl.O=S(=O)(Cl)c1cnc2ccccc2c1. The number of benzene rings is 1. The molecule has 0 saturated heterocycles. The number of rotatable bonds is 1. The van der Waals surface area contributed by atoms with Gasteiger partial charge in [0.2, 0.25) is 0 Å². The summed E-state index contributed by atoms with van der Waals surface area (Å²) in [4.78, 5) is 4.01. The van der Waals surface area contributed by atoms with Crippen LogP contribution in [0, 0.1) is 0 Å². The lowest BCUT2D eigenvalue weighted by Crippen LogP contribution is -1.91. The van der Waals surface area contributed by atoms with Gasteiger partial charge in [-0.2, -0.15) is 0 Å². The van der Waals surface area contributed by atoms with Crippen LogP contribution >= 0.6 is 23.1 Å². The average Bonchev–Trinajstić information content (AvgIpc) is 2.16. The van der Waals surface area contributed by atoms with E-state index in [0.717, 1.165) is 10.9 Å². The first-order valence-corrected chi connectivity index (χ1v) is 6.18. The highest BCUT2D eigenvalue weighted by molar-refractivity contribution is 8.13. The van der Waals surface area contributed by atoms with E-state index in [0.29, 0.717) is 0 Å². The third-order valence-corrected chi connectivity index (χ3v) is 3.17. The number of para-hydroxylation sites is 1. The standard InChI is InChI=1S/C9H6ClNO2S.ClH/c10-14(12,13)8-5-7-3-1-2-4-9(7)11-6-8;/h1-6H;1H. The summed E-state index contributed by atoms with van der Waals surface area (Å²) in [6.45, 7) is 0. The highest BCUT2D eigenvalue weighted by Crippen LogP contribution is 2.18. The minimum atomic E-state index is -3.68. The molecule has 1 heterocycles. The first kappa shape index (κ1) is 12.2. The van der Waals surface area contributed by atoms with E-state index in [-0.39, 0.29) is 17.3 Å². The molecule has 1 aromatic heterocycles. The Kier molecular flexibility index (Phi) is 3.54. The molecule has 0 atom stereocenters. The predicted octanol–water partition coefficient (Wildman–Crippen LogP) is 2.58. The number of halogens is 2. The van der Waals surface area contributed by atoms with Crippen LogP contribution in [-0.2, 0) is 9.05 Å². The van der Waals surface area contributed by atoms with Crippen molar-refractivity contribution in [2.75, 3.05) is 0 Å². The van der Waals surface area contributed by atoms with Crippen molar-refractivity contribution in [2.45, 2.75) is 4.90 Å². The quantitative estimate of drug-likeness (QED) is 0.744. The van der Waals surface area contributed by atoms with Crippen LogP contribution in [-0.4, -0.2) is 13.4 Å². The normalized spacial score (nSPS) is 11.0. The molecule has 6 heteroatoms. The van der Waals surface area contributed by atoms with Gasteiger partial charge in [-0.1, -0.05) is 18.2 Å². The van der Waals surface area contributed by atoms with E-state index in [1.54, 1.807) is 12.1 Å². The molecule has 0 saturated carbocycles. The van der Waals surface area contributed by atoms with Crippen molar-refractivity contribution in [1.82, 2.24) is 4.98 Å². The molecule has 0 aliphatic carbocycles. The summed E-state index contributed by atoms with van der Waals surface area (Å²) >= 11 is 0. The molecule has 0 amide bonds. The lowest BCUT2D eigenvalue weighted by Gasteiger charge is -1.98. The van der Waals surface area contributed by atoms with E-state index >= 15 is 0 Å². The molecule has 0 N–H and O–H groups in total. The molecular weight excluding hydrogens is 257 g/mol. The Hall–Kier alpha value is -0.840. The maximum Gasteiger partial charge on any atom is 0.262 e. The molecule has 0 bridgehead atoms. The molecule has 3 nitrogen and oxygen atoms in total. The first-order chi connectivity index (χ1) is 6.57. The largest absolute Gasteiger partial charge is 0.262 e. The molecule has 1 aromatic carbocycles. The third kappa shape index (κ3) is 2.59. The molecule has 0 aliphatic rings. The van der Waals surface area contributed by atoms with Gasteiger partial charge in [-0.05, 0) is 12.1 Å². The Balaban J connectivity index is 0.00000112. The van der Waals surface area contributed by atoms with Crippen molar-refractivity contribution >= 4 is 43.0 Å². The number of fused-ring (bicyclic) bond motifs is 1. The molecule has 0 unspecified atom stereocenters. The van der Waals surface area contributed by atoms with E-state index in [1.807, 2.05) is 12.1 Å². The maximum absolute atomic E-state index is 11.0. The summed E-state index contributed by atoms with van der Waals surface area (Å²) < 4.78 is 22.0. The summed E-state index contributed by atoms with van der Waals surface area (Å²) in [5.74, 6) is 0. The van der Waals surface area contributed by atoms with Gasteiger partial charge in [0.1, 0.15) is 4.90 Å². The Morgan fingerprint density at radius 3 is 2.53 bits per heavy atom. The molecule has 0 spiro atoms. The van der Waals surface area contributed by atoms with Gasteiger partial charge in [0.25, 0.3) is 9.05 Å². The summed E-state index contributed by atoms with van der Waals surface area (Å²) in [6.07, 6.45) is 1.25. The number of pyridine rings is 1. The first-order valence-electron chi connectivity index (χ1n) is 3.87. The highest BCUT2D eigenvalue weighted by atomic mass is 35.7. The van der Waals surface area contributed by atoms with Crippen LogP contribution in [0.15, 0.2) is 41.4 Å². The van der Waals surface area contributed by atoms with Crippen LogP contribution in [0.25, 0.3) is 10.9 Å². The van der Waals surface area contributed by atoms with Crippen molar-refractivity contribution in [3.63, 3.8) is 0 Å². The van der Waals surface area contributed by atoms with Gasteiger partial charge in [-0.3, -0.25) is 4.98 Å². The molecule has 2 aromatic rings. The fourth-order valence-electron chi connectivity index (χ4n) is 1.18. The van der Waals surface area contributed by atoms with E-state index in [2.05, 4.69) is 4.98 Å². The monoisotopic (exact) mass is 263 g/mol. The molecule has 15 heavy (non-hydrogen) atoms. The molecule has 0 aliphatic heterocycles. The van der Waals surface area contributed by atoms with Crippen LogP contribution < -0.4 is 0 Å². The van der Waals surface area contributed by atoms with E-state index in [1.165, 1.54) is 12.3 Å². The smallest absolute Gasteiger partial charge is 0.255 e. The minimum absolute atomic E-state index is 0. The number of hydrogen-bond donors (Lipinski definition) is 0. The summed E-state index contributed by atoms with van der Waals surface area (Å²) in [7, 11) is 1.51. The van der Waals surface area contributed by atoms with Crippen molar-refractivity contribution in [2.24, 2.45) is 0 Å². The summed E-state index contributed by atoms with van der Waals surface area (Å²) in [5, 5.41) is 0.759. The van der Waals surface area contributed by atoms with Gasteiger partial charge in [-0.25, -0.2) is 8.42 Å². The van der Waals surface area contributed by atoms with Gasteiger partial charge in [-0.15, -0.1) is 12.4 Å². The Labute approximate surface area is 97.9 Å². The van der Waals surface area contributed by atoms with Crippen LogP contribution in [0.2, 0.25) is 0 Å². The van der Waals surface area contributed by atoms with Crippen LogP contribution in [0.3, 0.4) is 0 Å². The fraction of sp³-hybridized carbons (Fsp3) is 0. The van der Waals surface area contributed by atoms with Gasteiger partial charge in [0.15, 0.2) is 0 Å². The predicted molar refractivity (Wildman–Crippen MR) is 62.0 cm³/mol. The minimum Gasteiger partial charge on any atom is -0.255 e. The zero-order valence-corrected chi connectivity index (χ0v) is 9.81. The van der Waals surface area contributed by atoms with Crippen molar-refractivity contribution in [3.8, 4) is 0 Å². The number of aromatic nitrogens is 1. The van der Waals surface area contributed by atoms with Crippen molar-refractivity contribution < 1.29 is 8.42 Å². The number of nitrogens with zero attached hydrogens (tertiary/aromatic N) is 1. The molecule has 80 valence electrons. The van der Waals surface area contributed by atoms with Gasteiger partial charge < -0.3 is 0 Å². The van der Waals surface area contributed by atoms with E-state index < -0.39 is 9.05 Å². The topological polar surface area (TPSA) is 47.0 Å². The van der Waals surface area contributed by atoms with Gasteiger partial charge in [0, 0.05) is 22.3 Å². The van der Waals surface area contributed by atoms with Crippen LogP contribution in [0.1, 0.15) is 0 Å². The number of hydrogen-bond acceptors (Lipinski definition) is 3. The second-order valence-corrected chi connectivity index (χ2v) is 5.37. The third-order valence-electron chi connectivity index (χ3n) is 1.85. The lowest BCUT2D eigenvalue weighted by atomic mass is 10.2. The van der Waals surface area contributed by atoms with Crippen LogP contribution in [0.5, 0.6) is 0 Å². The van der Waals surface area contributed by atoms with Crippen molar-refractivity contribution in [1.29, 1.82) is 0 Å². The fourth-order valence-corrected chi connectivity index (χ4v) is 1.88. The van der Waals surface area contributed by atoms with Crippen LogP contribution in [0.4, 0.5) is 0 Å². The summed E-state index contributed by atoms with van der Waals surface area (Å²) in [5.41, 5.74) is 0.747. The Morgan fingerprint density at radius 1 is 1.20 bits per heavy atom. The Bertz CT molecular complexity index is 583. The highest BCUT2D eigenvalue weighted by Gasteiger charge is 2.10. The molecular formula is C9H7Cl2NO2S. The lowest BCUT2D eigenvalue weighted by molar-refractivity contribution is 0.609. The van der Waals surface area contributed by atoms with E-state index in [9.17, 15) is 8.42 Å². The Morgan fingerprint density at radius 2 is 1.87 bits per heavy atom. The summed E-state index contributed by atoms with van der Waals surface area (Å²) in [6, 6.07) is 8.75. The van der Waals surface area contributed by atoms with Crippen molar-refractivity contribution in [3.05, 3.63) is 36.5 Å². The average molecular weight is 264 g/mol. The second kappa shape index (κ2) is 4.35. The molecule has 2 rings (SSSR count). The zero-order chi connectivity index (χ0) is 10.2. The van der Waals surface area contributed by atoms with Gasteiger partial charge >= 0.3 is 0 Å².